The number of hydrogen-bond acceptors (Lipinski definition) is 4. The first kappa shape index (κ1) is 10.7. The molecule has 5 heteroatoms. The first-order valence-electron chi connectivity index (χ1n) is 5.43. The third-order valence-corrected chi connectivity index (χ3v) is 3.00. The topological polar surface area (TPSA) is 74.7 Å². The lowest BCUT2D eigenvalue weighted by molar-refractivity contribution is 0.318. The highest BCUT2D eigenvalue weighted by Crippen LogP contribution is 2.23. The lowest BCUT2D eigenvalue weighted by Crippen LogP contribution is -2.27. The molecule has 1 aromatic rings. The Labute approximate surface area is 94.6 Å². The molecule has 0 saturated carbocycles. The monoisotopic (exact) mass is 220 g/mol. The van der Waals surface area contributed by atoms with Gasteiger partial charge in [0.15, 0.2) is 5.84 Å². The van der Waals surface area contributed by atoms with Crippen LogP contribution in [0.25, 0.3) is 0 Å². The Balaban J connectivity index is 2.28. The molecule has 0 bridgehead atoms. The Bertz CT molecular complexity index is 405. The Hall–Kier alpha value is -1.78. The molecule has 3 N–H and O–H groups in total. The van der Waals surface area contributed by atoms with Crippen LogP contribution < -0.4 is 10.6 Å². The Morgan fingerprint density at radius 2 is 2.50 bits per heavy atom. The zero-order valence-corrected chi connectivity index (χ0v) is 9.30. The first-order valence-corrected chi connectivity index (χ1v) is 5.43. The maximum absolute atomic E-state index is 8.63. The van der Waals surface area contributed by atoms with E-state index in [9.17, 15) is 0 Å². The van der Waals surface area contributed by atoms with Crippen LogP contribution >= 0.6 is 0 Å². The van der Waals surface area contributed by atoms with Gasteiger partial charge in [-0.3, -0.25) is 0 Å². The van der Waals surface area contributed by atoms with Gasteiger partial charge < -0.3 is 15.8 Å². The number of amidine groups is 1. The summed E-state index contributed by atoms with van der Waals surface area (Å²) in [5.41, 5.74) is 6.25. The van der Waals surface area contributed by atoms with Crippen molar-refractivity contribution < 1.29 is 5.21 Å². The molecule has 2 heterocycles. The van der Waals surface area contributed by atoms with Gasteiger partial charge in [-0.05, 0) is 31.9 Å². The van der Waals surface area contributed by atoms with E-state index in [4.69, 9.17) is 10.9 Å². The van der Waals surface area contributed by atoms with Crippen molar-refractivity contribution in [2.75, 3.05) is 11.4 Å². The summed E-state index contributed by atoms with van der Waals surface area (Å²) in [5, 5.41) is 11.6. The number of hydrogen-bond donors (Lipinski definition) is 2. The van der Waals surface area contributed by atoms with Crippen LogP contribution in [0.4, 0.5) is 5.82 Å². The molecule has 0 amide bonds. The van der Waals surface area contributed by atoms with E-state index in [0.29, 0.717) is 11.6 Å². The highest BCUT2D eigenvalue weighted by molar-refractivity contribution is 5.97. The average molecular weight is 220 g/mol. The van der Waals surface area contributed by atoms with Gasteiger partial charge in [0.1, 0.15) is 5.82 Å². The van der Waals surface area contributed by atoms with Crippen LogP contribution in [0.15, 0.2) is 23.5 Å². The van der Waals surface area contributed by atoms with Crippen molar-refractivity contribution in [2.24, 2.45) is 10.9 Å². The van der Waals surface area contributed by atoms with Crippen molar-refractivity contribution in [2.45, 2.75) is 25.8 Å². The van der Waals surface area contributed by atoms with Crippen molar-refractivity contribution in [1.82, 2.24) is 4.98 Å². The van der Waals surface area contributed by atoms with Gasteiger partial charge in [0.05, 0.1) is 0 Å². The Kier molecular flexibility index (Phi) is 2.94. The summed E-state index contributed by atoms with van der Waals surface area (Å²) < 4.78 is 0. The first-order chi connectivity index (χ1) is 7.72. The maximum Gasteiger partial charge on any atom is 0.170 e. The normalized spacial score (nSPS) is 21.4. The van der Waals surface area contributed by atoms with Gasteiger partial charge >= 0.3 is 0 Å². The summed E-state index contributed by atoms with van der Waals surface area (Å²) in [6.45, 7) is 3.21. The molecule has 0 aliphatic carbocycles. The third kappa shape index (κ3) is 1.93. The number of pyridine rings is 1. The predicted octanol–water partition coefficient (Wildman–Crippen LogP) is 1.16. The van der Waals surface area contributed by atoms with Crippen molar-refractivity contribution in [3.05, 3.63) is 23.9 Å². The van der Waals surface area contributed by atoms with Gasteiger partial charge in [0.25, 0.3) is 0 Å². The molecule has 1 saturated heterocycles. The van der Waals surface area contributed by atoms with Crippen molar-refractivity contribution in [3.8, 4) is 0 Å². The highest BCUT2D eigenvalue weighted by atomic mass is 16.4. The summed E-state index contributed by atoms with van der Waals surface area (Å²) in [7, 11) is 0. The summed E-state index contributed by atoms with van der Waals surface area (Å²) in [6.07, 6.45) is 4.07. The molecule has 5 nitrogen and oxygen atoms in total. The number of rotatable bonds is 2. The second-order valence-corrected chi connectivity index (χ2v) is 4.07. The third-order valence-electron chi connectivity index (χ3n) is 3.00. The van der Waals surface area contributed by atoms with Crippen LogP contribution in [0, 0.1) is 0 Å². The summed E-state index contributed by atoms with van der Waals surface area (Å²) in [6, 6.07) is 4.10. The predicted molar refractivity (Wildman–Crippen MR) is 62.8 cm³/mol. The van der Waals surface area contributed by atoms with Crippen LogP contribution in [0.5, 0.6) is 0 Å². The van der Waals surface area contributed by atoms with E-state index in [1.165, 1.54) is 12.8 Å². The van der Waals surface area contributed by atoms with Crippen LogP contribution in [-0.2, 0) is 0 Å². The van der Waals surface area contributed by atoms with Gasteiger partial charge in [0.2, 0.25) is 0 Å². The summed E-state index contributed by atoms with van der Waals surface area (Å²) >= 11 is 0. The molecule has 1 aliphatic heterocycles. The standard InChI is InChI=1S/C11H16N4O/c1-8-3-2-6-15(8)10-7-9(4-5-13-10)11(12)14-16/h4-5,7-8,16H,2-3,6H2,1H3,(H2,12,14). The van der Waals surface area contributed by atoms with Crippen LogP contribution in [0.2, 0.25) is 0 Å². The zero-order valence-electron chi connectivity index (χ0n) is 9.30. The van der Waals surface area contributed by atoms with E-state index >= 15 is 0 Å². The lowest BCUT2D eigenvalue weighted by atomic mass is 10.2. The van der Waals surface area contributed by atoms with Gasteiger partial charge in [-0.25, -0.2) is 4.98 Å². The molecule has 1 aliphatic rings. The second kappa shape index (κ2) is 4.38. The molecule has 16 heavy (non-hydrogen) atoms. The van der Waals surface area contributed by atoms with E-state index in [1.807, 2.05) is 6.07 Å². The second-order valence-electron chi connectivity index (χ2n) is 4.07. The number of anilines is 1. The highest BCUT2D eigenvalue weighted by Gasteiger charge is 2.21. The minimum Gasteiger partial charge on any atom is -0.409 e. The molecule has 1 atom stereocenters. The fraction of sp³-hybridized carbons (Fsp3) is 0.455. The van der Waals surface area contributed by atoms with Gasteiger partial charge in [-0.2, -0.15) is 0 Å². The Morgan fingerprint density at radius 3 is 3.12 bits per heavy atom. The number of oxime groups is 1. The minimum absolute atomic E-state index is 0.121. The number of nitrogens with two attached hydrogens (primary N) is 1. The zero-order chi connectivity index (χ0) is 11.5. The van der Waals surface area contributed by atoms with Crippen LogP contribution in [0.3, 0.4) is 0 Å². The molecule has 1 unspecified atom stereocenters. The molecule has 0 radical (unpaired) electrons. The largest absolute Gasteiger partial charge is 0.409 e. The van der Waals surface area contributed by atoms with Crippen molar-refractivity contribution in [3.63, 3.8) is 0 Å². The molecule has 0 aromatic carbocycles. The van der Waals surface area contributed by atoms with Crippen LogP contribution in [0.1, 0.15) is 25.3 Å². The average Bonchev–Trinajstić information content (AvgIpc) is 2.74. The molecule has 1 aromatic heterocycles. The van der Waals surface area contributed by atoms with Crippen molar-refractivity contribution in [1.29, 1.82) is 0 Å². The number of aromatic nitrogens is 1. The summed E-state index contributed by atoms with van der Waals surface area (Å²) in [5.74, 6) is 1.02. The van der Waals surface area contributed by atoms with E-state index in [2.05, 4.69) is 22.0 Å². The van der Waals surface area contributed by atoms with Crippen molar-refractivity contribution >= 4 is 11.7 Å². The van der Waals surface area contributed by atoms with E-state index in [1.54, 1.807) is 12.3 Å². The van der Waals surface area contributed by atoms with E-state index < -0.39 is 0 Å². The molecule has 1 fully saturated rings. The van der Waals surface area contributed by atoms with Crippen LogP contribution in [-0.4, -0.2) is 28.6 Å². The van der Waals surface area contributed by atoms with E-state index in [0.717, 1.165) is 12.4 Å². The van der Waals surface area contributed by atoms with E-state index in [-0.39, 0.29) is 5.84 Å². The quantitative estimate of drug-likeness (QED) is 0.339. The van der Waals surface area contributed by atoms with Gasteiger partial charge in [-0.1, -0.05) is 5.16 Å². The molecule has 2 rings (SSSR count). The fourth-order valence-electron chi connectivity index (χ4n) is 2.07. The summed E-state index contributed by atoms with van der Waals surface area (Å²) in [4.78, 5) is 6.57. The Morgan fingerprint density at radius 1 is 1.69 bits per heavy atom. The number of nitrogens with zero attached hydrogens (tertiary/aromatic N) is 3. The SMILES string of the molecule is CC1CCCN1c1cc(/C(N)=N/O)ccn1. The maximum atomic E-state index is 8.63. The molecular weight excluding hydrogens is 204 g/mol. The minimum atomic E-state index is 0.121. The van der Waals surface area contributed by atoms with Gasteiger partial charge in [0, 0.05) is 24.3 Å². The lowest BCUT2D eigenvalue weighted by Gasteiger charge is -2.22. The fourth-order valence-corrected chi connectivity index (χ4v) is 2.07. The smallest absolute Gasteiger partial charge is 0.170 e. The molecule has 0 spiro atoms. The van der Waals surface area contributed by atoms with Gasteiger partial charge in [-0.15, -0.1) is 0 Å². The molecule has 86 valence electrons. The molecular formula is C11H16N4O.